The Morgan fingerprint density at radius 2 is 2.00 bits per heavy atom. The predicted octanol–water partition coefficient (Wildman–Crippen LogP) is 5.00. The molecule has 0 saturated carbocycles. The zero-order chi connectivity index (χ0) is 18.7. The molecule has 0 aliphatic rings. The standard InChI is InChI=1S/C17H22BrN5OSSi/c1-12-21-22-17(25-12)23(11-24-7-8-26(2,3)4)16-6-5-14-15(20-16)9-13(18)10-19-14/h5-6,9-10H,7-8,11H2,1-4H3. The van der Waals surface area contributed by atoms with Crippen molar-refractivity contribution in [2.24, 2.45) is 0 Å². The molecular formula is C17H22BrN5OSSi. The second-order valence-electron chi connectivity index (χ2n) is 7.24. The van der Waals surface area contributed by atoms with Gasteiger partial charge in [0.1, 0.15) is 17.6 Å². The average molecular weight is 452 g/mol. The molecule has 0 N–H and O–H groups in total. The lowest BCUT2D eigenvalue weighted by atomic mass is 10.3. The maximum Gasteiger partial charge on any atom is 0.215 e. The van der Waals surface area contributed by atoms with Gasteiger partial charge in [0.05, 0.1) is 11.0 Å². The van der Waals surface area contributed by atoms with E-state index in [1.807, 2.05) is 30.0 Å². The minimum atomic E-state index is -1.12. The molecule has 0 aliphatic heterocycles. The van der Waals surface area contributed by atoms with Gasteiger partial charge in [-0.05, 0) is 47.1 Å². The lowest BCUT2D eigenvalue weighted by molar-refractivity contribution is 0.153. The van der Waals surface area contributed by atoms with Crippen molar-refractivity contribution >= 4 is 57.3 Å². The summed E-state index contributed by atoms with van der Waals surface area (Å²) in [4.78, 5) is 11.1. The van der Waals surface area contributed by atoms with Crippen LogP contribution in [-0.2, 0) is 4.74 Å². The van der Waals surface area contributed by atoms with Crippen molar-refractivity contribution in [3.63, 3.8) is 0 Å². The molecule has 0 amide bonds. The highest BCUT2D eigenvalue weighted by Gasteiger charge is 2.18. The molecule has 0 aromatic carbocycles. The minimum Gasteiger partial charge on any atom is -0.361 e. The van der Waals surface area contributed by atoms with Gasteiger partial charge < -0.3 is 4.74 Å². The van der Waals surface area contributed by atoms with Crippen LogP contribution in [0.25, 0.3) is 11.0 Å². The number of halogens is 1. The van der Waals surface area contributed by atoms with E-state index in [1.54, 1.807) is 6.20 Å². The number of nitrogens with zero attached hydrogens (tertiary/aromatic N) is 5. The van der Waals surface area contributed by atoms with Crippen LogP contribution in [0.1, 0.15) is 5.01 Å². The largest absolute Gasteiger partial charge is 0.361 e. The van der Waals surface area contributed by atoms with Gasteiger partial charge in [0.25, 0.3) is 0 Å². The van der Waals surface area contributed by atoms with Crippen LogP contribution < -0.4 is 4.90 Å². The van der Waals surface area contributed by atoms with E-state index in [0.29, 0.717) is 6.73 Å². The number of ether oxygens (including phenoxy) is 1. The van der Waals surface area contributed by atoms with E-state index in [-0.39, 0.29) is 0 Å². The van der Waals surface area contributed by atoms with Crippen LogP contribution >= 0.6 is 27.3 Å². The molecule has 0 unspecified atom stereocenters. The summed E-state index contributed by atoms with van der Waals surface area (Å²) in [6.45, 7) is 10.1. The number of anilines is 2. The van der Waals surface area contributed by atoms with Crippen molar-refractivity contribution in [1.29, 1.82) is 0 Å². The molecule has 0 atom stereocenters. The Labute approximate surface area is 166 Å². The van der Waals surface area contributed by atoms with Gasteiger partial charge in [-0.2, -0.15) is 0 Å². The number of pyridine rings is 2. The maximum absolute atomic E-state index is 5.96. The highest BCUT2D eigenvalue weighted by molar-refractivity contribution is 9.10. The summed E-state index contributed by atoms with van der Waals surface area (Å²) in [6, 6.07) is 6.99. The summed E-state index contributed by atoms with van der Waals surface area (Å²) < 4.78 is 6.86. The Morgan fingerprint density at radius 1 is 1.19 bits per heavy atom. The topological polar surface area (TPSA) is 64.0 Å². The molecule has 0 aliphatic carbocycles. The zero-order valence-electron chi connectivity index (χ0n) is 15.4. The van der Waals surface area contributed by atoms with Gasteiger partial charge >= 0.3 is 0 Å². The van der Waals surface area contributed by atoms with Crippen LogP contribution in [-0.4, -0.2) is 41.6 Å². The third-order valence-corrected chi connectivity index (χ3v) is 6.73. The molecule has 9 heteroatoms. The minimum absolute atomic E-state index is 0.402. The van der Waals surface area contributed by atoms with E-state index in [2.05, 4.69) is 50.8 Å². The number of hydrogen-bond acceptors (Lipinski definition) is 7. The van der Waals surface area contributed by atoms with Crippen LogP contribution in [0, 0.1) is 6.92 Å². The highest BCUT2D eigenvalue weighted by atomic mass is 79.9. The molecule has 0 fully saturated rings. The molecule has 3 heterocycles. The quantitative estimate of drug-likeness (QED) is 0.286. The molecule has 3 aromatic heterocycles. The van der Waals surface area contributed by atoms with Crippen LogP contribution in [0.15, 0.2) is 28.9 Å². The number of rotatable bonds is 7. The van der Waals surface area contributed by atoms with Gasteiger partial charge in [0.2, 0.25) is 5.13 Å². The fraction of sp³-hybridized carbons (Fsp3) is 0.412. The SMILES string of the molecule is Cc1nnc(N(COCC[Si](C)(C)C)c2ccc3ncc(Br)cc3n2)s1. The van der Waals surface area contributed by atoms with Crippen molar-refractivity contribution in [1.82, 2.24) is 20.2 Å². The van der Waals surface area contributed by atoms with Gasteiger partial charge in [0.15, 0.2) is 0 Å². The summed E-state index contributed by atoms with van der Waals surface area (Å²) >= 11 is 4.99. The monoisotopic (exact) mass is 451 g/mol. The maximum atomic E-state index is 5.96. The zero-order valence-corrected chi connectivity index (χ0v) is 18.8. The summed E-state index contributed by atoms with van der Waals surface area (Å²) in [5, 5.41) is 10.1. The first-order chi connectivity index (χ1) is 12.3. The Morgan fingerprint density at radius 3 is 2.69 bits per heavy atom. The normalized spacial score (nSPS) is 11.9. The van der Waals surface area contributed by atoms with Crippen LogP contribution in [0.4, 0.5) is 10.9 Å². The Kier molecular flexibility index (Phi) is 6.01. The molecule has 26 heavy (non-hydrogen) atoms. The van der Waals surface area contributed by atoms with Crippen molar-refractivity contribution in [2.45, 2.75) is 32.6 Å². The van der Waals surface area contributed by atoms with E-state index < -0.39 is 8.07 Å². The number of aromatic nitrogens is 4. The first-order valence-corrected chi connectivity index (χ1v) is 13.7. The Bertz CT molecular complexity index is 898. The van der Waals surface area contributed by atoms with Crippen LogP contribution in [0.5, 0.6) is 0 Å². The van der Waals surface area contributed by atoms with E-state index >= 15 is 0 Å². The first kappa shape index (κ1) is 19.3. The van der Waals surface area contributed by atoms with Crippen molar-refractivity contribution in [3.8, 4) is 0 Å². The average Bonchev–Trinajstić information content (AvgIpc) is 2.99. The van der Waals surface area contributed by atoms with Crippen molar-refractivity contribution in [3.05, 3.63) is 33.9 Å². The lowest BCUT2D eigenvalue weighted by Gasteiger charge is -2.22. The first-order valence-electron chi connectivity index (χ1n) is 8.39. The second-order valence-corrected chi connectivity index (χ2v) is 14.9. The second kappa shape index (κ2) is 8.08. The van der Waals surface area contributed by atoms with E-state index in [0.717, 1.165) is 44.1 Å². The molecule has 0 radical (unpaired) electrons. The summed E-state index contributed by atoms with van der Waals surface area (Å²) in [5.41, 5.74) is 1.68. The summed E-state index contributed by atoms with van der Waals surface area (Å²) in [6.07, 6.45) is 1.77. The van der Waals surface area contributed by atoms with Gasteiger partial charge in [-0.25, -0.2) is 4.98 Å². The smallest absolute Gasteiger partial charge is 0.215 e. The number of aryl methyl sites for hydroxylation is 1. The van der Waals surface area contributed by atoms with E-state index in [1.165, 1.54) is 11.3 Å². The predicted molar refractivity (Wildman–Crippen MR) is 113 cm³/mol. The number of hydrogen-bond donors (Lipinski definition) is 0. The van der Waals surface area contributed by atoms with Gasteiger partial charge in [-0.1, -0.05) is 31.0 Å². The lowest BCUT2D eigenvalue weighted by Crippen LogP contribution is -2.26. The highest BCUT2D eigenvalue weighted by Crippen LogP contribution is 2.28. The van der Waals surface area contributed by atoms with E-state index in [4.69, 9.17) is 9.72 Å². The van der Waals surface area contributed by atoms with Gasteiger partial charge in [0, 0.05) is 25.4 Å². The Hall–Kier alpha value is -1.42. The molecule has 6 nitrogen and oxygen atoms in total. The molecule has 138 valence electrons. The van der Waals surface area contributed by atoms with Crippen LogP contribution in [0.2, 0.25) is 25.7 Å². The van der Waals surface area contributed by atoms with Crippen molar-refractivity contribution in [2.75, 3.05) is 18.2 Å². The van der Waals surface area contributed by atoms with Gasteiger partial charge in [-0.3, -0.25) is 9.88 Å². The fourth-order valence-corrected chi connectivity index (χ4v) is 4.03. The Balaban J connectivity index is 1.85. The molecule has 0 bridgehead atoms. The van der Waals surface area contributed by atoms with E-state index in [9.17, 15) is 0 Å². The van der Waals surface area contributed by atoms with Crippen LogP contribution in [0.3, 0.4) is 0 Å². The molecule has 0 saturated heterocycles. The molecule has 3 aromatic rings. The summed E-state index contributed by atoms with van der Waals surface area (Å²) in [7, 11) is -1.12. The summed E-state index contributed by atoms with van der Waals surface area (Å²) in [5.74, 6) is 0.779. The third-order valence-electron chi connectivity index (χ3n) is 3.73. The van der Waals surface area contributed by atoms with Crippen molar-refractivity contribution < 1.29 is 4.74 Å². The fourth-order valence-electron chi connectivity index (χ4n) is 2.27. The molecule has 3 rings (SSSR count). The number of fused-ring (bicyclic) bond motifs is 1. The van der Waals surface area contributed by atoms with Gasteiger partial charge in [-0.15, -0.1) is 10.2 Å². The molecular weight excluding hydrogens is 430 g/mol. The third kappa shape index (κ3) is 5.06. The molecule has 0 spiro atoms.